The molecule has 0 aliphatic heterocycles. The van der Waals surface area contributed by atoms with Crippen LogP contribution in [0.15, 0.2) is 24.4 Å². The lowest BCUT2D eigenvalue weighted by molar-refractivity contribution is 0.398. The molecule has 2 heterocycles. The first-order valence-corrected chi connectivity index (χ1v) is 5.75. The molecular weight excluding hydrogens is 222 g/mol. The Hall–Kier alpha value is -1.46. The molecule has 84 valence electrons. The summed E-state index contributed by atoms with van der Waals surface area (Å²) in [7, 11) is 1.60. The SMILES string of the molecule is COc1cccc(-c2ncc(C(C)N)s2)n1. The third kappa shape index (κ3) is 2.20. The second-order valence-electron chi connectivity index (χ2n) is 3.42. The number of nitrogens with two attached hydrogens (primary N) is 1. The van der Waals surface area contributed by atoms with Crippen LogP contribution >= 0.6 is 11.3 Å². The van der Waals surface area contributed by atoms with Gasteiger partial charge in [-0.15, -0.1) is 11.3 Å². The van der Waals surface area contributed by atoms with Crippen LogP contribution in [0.25, 0.3) is 10.7 Å². The normalized spacial score (nSPS) is 12.4. The van der Waals surface area contributed by atoms with Gasteiger partial charge >= 0.3 is 0 Å². The molecule has 0 amide bonds. The van der Waals surface area contributed by atoms with Crippen molar-refractivity contribution in [3.05, 3.63) is 29.3 Å². The predicted octanol–water partition coefficient (Wildman–Crippen LogP) is 2.23. The number of thiazole rings is 1. The number of nitrogens with zero attached hydrogens (tertiary/aromatic N) is 2. The summed E-state index contributed by atoms with van der Waals surface area (Å²) in [5.74, 6) is 0.593. The molecule has 5 heteroatoms. The van der Waals surface area contributed by atoms with Crippen molar-refractivity contribution in [1.29, 1.82) is 0 Å². The number of hydrogen-bond acceptors (Lipinski definition) is 5. The summed E-state index contributed by atoms with van der Waals surface area (Å²) in [6.07, 6.45) is 1.80. The van der Waals surface area contributed by atoms with Crippen molar-refractivity contribution in [1.82, 2.24) is 9.97 Å². The summed E-state index contributed by atoms with van der Waals surface area (Å²) >= 11 is 1.56. The van der Waals surface area contributed by atoms with Gasteiger partial charge in [0.05, 0.1) is 7.11 Å². The van der Waals surface area contributed by atoms with Crippen molar-refractivity contribution >= 4 is 11.3 Å². The number of rotatable bonds is 3. The van der Waals surface area contributed by atoms with E-state index in [0.29, 0.717) is 5.88 Å². The van der Waals surface area contributed by atoms with Gasteiger partial charge in [0.2, 0.25) is 5.88 Å². The van der Waals surface area contributed by atoms with E-state index in [1.807, 2.05) is 25.1 Å². The first-order chi connectivity index (χ1) is 7.70. The zero-order chi connectivity index (χ0) is 11.5. The zero-order valence-corrected chi connectivity index (χ0v) is 9.99. The number of methoxy groups -OCH3 is 1. The van der Waals surface area contributed by atoms with E-state index in [1.165, 1.54) is 0 Å². The van der Waals surface area contributed by atoms with Gasteiger partial charge in [-0.1, -0.05) is 6.07 Å². The quantitative estimate of drug-likeness (QED) is 0.886. The van der Waals surface area contributed by atoms with E-state index in [9.17, 15) is 0 Å². The molecule has 0 radical (unpaired) electrons. The number of hydrogen-bond donors (Lipinski definition) is 1. The van der Waals surface area contributed by atoms with Crippen LogP contribution in [0.3, 0.4) is 0 Å². The molecule has 0 saturated carbocycles. The van der Waals surface area contributed by atoms with Crippen LogP contribution in [0.5, 0.6) is 5.88 Å². The summed E-state index contributed by atoms with van der Waals surface area (Å²) in [6.45, 7) is 1.94. The third-order valence-electron chi connectivity index (χ3n) is 2.12. The van der Waals surface area contributed by atoms with E-state index in [4.69, 9.17) is 10.5 Å². The second-order valence-corrected chi connectivity index (χ2v) is 4.48. The molecule has 0 fully saturated rings. The minimum Gasteiger partial charge on any atom is -0.481 e. The Morgan fingerprint density at radius 1 is 1.44 bits per heavy atom. The molecule has 0 spiro atoms. The molecule has 2 aromatic heterocycles. The van der Waals surface area contributed by atoms with Crippen LogP contribution in [0.4, 0.5) is 0 Å². The van der Waals surface area contributed by atoms with Crippen LogP contribution in [0.2, 0.25) is 0 Å². The van der Waals surface area contributed by atoms with Gasteiger partial charge in [0.15, 0.2) is 0 Å². The van der Waals surface area contributed by atoms with E-state index < -0.39 is 0 Å². The van der Waals surface area contributed by atoms with Crippen molar-refractivity contribution in [2.45, 2.75) is 13.0 Å². The molecule has 2 N–H and O–H groups in total. The molecule has 0 aromatic carbocycles. The van der Waals surface area contributed by atoms with Crippen molar-refractivity contribution in [2.24, 2.45) is 5.73 Å². The van der Waals surface area contributed by atoms with Gasteiger partial charge in [0.25, 0.3) is 0 Å². The molecule has 1 atom stereocenters. The van der Waals surface area contributed by atoms with Gasteiger partial charge in [-0.25, -0.2) is 9.97 Å². The summed E-state index contributed by atoms with van der Waals surface area (Å²) in [6, 6.07) is 5.63. The van der Waals surface area contributed by atoms with Gasteiger partial charge in [0.1, 0.15) is 10.7 Å². The Labute approximate surface area is 98.1 Å². The Kier molecular flexibility index (Phi) is 3.17. The molecular formula is C11H13N3OS. The monoisotopic (exact) mass is 235 g/mol. The zero-order valence-electron chi connectivity index (χ0n) is 9.18. The minimum atomic E-state index is 0.0110. The Balaban J connectivity index is 2.34. The molecule has 0 aliphatic carbocycles. The van der Waals surface area contributed by atoms with Crippen molar-refractivity contribution in [3.63, 3.8) is 0 Å². The average molecular weight is 235 g/mol. The molecule has 2 rings (SSSR count). The van der Waals surface area contributed by atoms with Gasteiger partial charge in [0, 0.05) is 23.2 Å². The van der Waals surface area contributed by atoms with Crippen LogP contribution < -0.4 is 10.5 Å². The van der Waals surface area contributed by atoms with Crippen molar-refractivity contribution in [3.8, 4) is 16.6 Å². The van der Waals surface area contributed by atoms with E-state index in [-0.39, 0.29) is 6.04 Å². The Morgan fingerprint density at radius 3 is 2.88 bits per heavy atom. The maximum absolute atomic E-state index is 5.79. The minimum absolute atomic E-state index is 0.0110. The maximum Gasteiger partial charge on any atom is 0.213 e. The molecule has 2 aromatic rings. The molecule has 4 nitrogen and oxygen atoms in total. The molecule has 1 unspecified atom stereocenters. The summed E-state index contributed by atoms with van der Waals surface area (Å²) in [5, 5.41) is 0.867. The van der Waals surface area contributed by atoms with Crippen molar-refractivity contribution < 1.29 is 4.74 Å². The highest BCUT2D eigenvalue weighted by Crippen LogP contribution is 2.27. The standard InChI is InChI=1S/C11H13N3OS/c1-7(12)9-6-13-11(16-9)8-4-3-5-10(14-8)15-2/h3-7H,12H2,1-2H3. The first kappa shape index (κ1) is 11.0. The van der Waals surface area contributed by atoms with Crippen LogP contribution in [-0.2, 0) is 0 Å². The third-order valence-corrected chi connectivity index (χ3v) is 3.34. The smallest absolute Gasteiger partial charge is 0.213 e. The molecule has 16 heavy (non-hydrogen) atoms. The lowest BCUT2D eigenvalue weighted by Crippen LogP contribution is -2.01. The van der Waals surface area contributed by atoms with E-state index in [2.05, 4.69) is 9.97 Å². The predicted molar refractivity (Wildman–Crippen MR) is 64.5 cm³/mol. The molecule has 0 saturated heterocycles. The molecule has 0 aliphatic rings. The lowest BCUT2D eigenvalue weighted by atomic mass is 10.3. The lowest BCUT2D eigenvalue weighted by Gasteiger charge is -2.00. The Bertz CT molecular complexity index is 482. The number of aromatic nitrogens is 2. The highest BCUT2D eigenvalue weighted by molar-refractivity contribution is 7.15. The highest BCUT2D eigenvalue weighted by atomic mass is 32.1. The first-order valence-electron chi connectivity index (χ1n) is 4.93. The van der Waals surface area contributed by atoms with E-state index in [1.54, 1.807) is 24.6 Å². The Morgan fingerprint density at radius 2 is 2.25 bits per heavy atom. The van der Waals surface area contributed by atoms with Crippen LogP contribution in [-0.4, -0.2) is 17.1 Å². The fraction of sp³-hybridized carbons (Fsp3) is 0.273. The van der Waals surface area contributed by atoms with Gasteiger partial charge < -0.3 is 10.5 Å². The van der Waals surface area contributed by atoms with Crippen LogP contribution in [0.1, 0.15) is 17.8 Å². The van der Waals surface area contributed by atoms with Crippen molar-refractivity contribution in [2.75, 3.05) is 7.11 Å². The largest absolute Gasteiger partial charge is 0.481 e. The van der Waals surface area contributed by atoms with Crippen LogP contribution in [0, 0.1) is 0 Å². The maximum atomic E-state index is 5.79. The topological polar surface area (TPSA) is 61.0 Å². The number of pyridine rings is 1. The molecule has 0 bridgehead atoms. The van der Waals surface area contributed by atoms with E-state index in [0.717, 1.165) is 15.6 Å². The second kappa shape index (κ2) is 4.59. The van der Waals surface area contributed by atoms with Gasteiger partial charge in [-0.3, -0.25) is 0 Å². The van der Waals surface area contributed by atoms with E-state index >= 15 is 0 Å². The average Bonchev–Trinajstić information content (AvgIpc) is 2.78. The summed E-state index contributed by atoms with van der Waals surface area (Å²) in [5.41, 5.74) is 6.60. The van der Waals surface area contributed by atoms with Gasteiger partial charge in [-0.05, 0) is 13.0 Å². The van der Waals surface area contributed by atoms with Gasteiger partial charge in [-0.2, -0.15) is 0 Å². The fourth-order valence-corrected chi connectivity index (χ4v) is 2.10. The number of ether oxygens (including phenoxy) is 1. The summed E-state index contributed by atoms with van der Waals surface area (Å²) < 4.78 is 5.07. The highest BCUT2D eigenvalue weighted by Gasteiger charge is 2.09. The summed E-state index contributed by atoms with van der Waals surface area (Å²) in [4.78, 5) is 9.68. The fourth-order valence-electron chi connectivity index (χ4n) is 1.26.